The number of benzene rings is 1. The number of methoxy groups -OCH3 is 1. The maximum atomic E-state index is 12.1. The monoisotopic (exact) mass is 366 g/mol. The summed E-state index contributed by atoms with van der Waals surface area (Å²) in [7, 11) is 1.66. The van der Waals surface area contributed by atoms with Crippen LogP contribution in [0.4, 0.5) is 0 Å². The van der Waals surface area contributed by atoms with Gasteiger partial charge < -0.3 is 14.0 Å². The molecule has 0 N–H and O–H groups in total. The fraction of sp³-hybridized carbons (Fsp3) is 0.364. The number of carbonyl (C=O) groups is 1. The van der Waals surface area contributed by atoms with Crippen molar-refractivity contribution < 1.29 is 14.3 Å². The Labute approximate surface area is 159 Å². The van der Waals surface area contributed by atoms with Gasteiger partial charge >= 0.3 is 5.97 Å². The summed E-state index contributed by atoms with van der Waals surface area (Å²) in [6.07, 6.45) is 2.75. The Bertz CT molecular complexity index is 921. The quantitative estimate of drug-likeness (QED) is 0.608. The SMILES string of the molecule is COc1ccc(Cn2c(CCC(=O)OC(C)(C)C)cc3ncccc32)cc1. The summed E-state index contributed by atoms with van der Waals surface area (Å²) in [5.74, 6) is 0.652. The topological polar surface area (TPSA) is 53.4 Å². The molecule has 5 heteroatoms. The predicted octanol–water partition coefficient (Wildman–Crippen LogP) is 4.37. The summed E-state index contributed by atoms with van der Waals surface area (Å²) >= 11 is 0. The van der Waals surface area contributed by atoms with Gasteiger partial charge in [0.25, 0.3) is 0 Å². The molecule has 0 fully saturated rings. The van der Waals surface area contributed by atoms with Crippen LogP contribution in [0.5, 0.6) is 5.75 Å². The second kappa shape index (κ2) is 7.82. The molecule has 0 saturated heterocycles. The van der Waals surface area contributed by atoms with E-state index in [1.165, 1.54) is 0 Å². The Morgan fingerprint density at radius 1 is 1.15 bits per heavy atom. The Hall–Kier alpha value is -2.82. The maximum Gasteiger partial charge on any atom is 0.306 e. The Morgan fingerprint density at radius 2 is 1.89 bits per heavy atom. The summed E-state index contributed by atoms with van der Waals surface area (Å²) < 4.78 is 12.9. The van der Waals surface area contributed by atoms with Gasteiger partial charge in [0, 0.05) is 18.4 Å². The number of fused-ring (bicyclic) bond motifs is 1. The number of rotatable bonds is 6. The first-order chi connectivity index (χ1) is 12.9. The molecule has 0 unspecified atom stereocenters. The van der Waals surface area contributed by atoms with Crippen molar-refractivity contribution in [2.45, 2.75) is 45.8 Å². The van der Waals surface area contributed by atoms with Crippen LogP contribution < -0.4 is 4.74 Å². The van der Waals surface area contributed by atoms with Crippen LogP contribution in [0.3, 0.4) is 0 Å². The predicted molar refractivity (Wildman–Crippen MR) is 106 cm³/mol. The van der Waals surface area contributed by atoms with Gasteiger partial charge in [-0.15, -0.1) is 0 Å². The molecular formula is C22H26N2O3. The van der Waals surface area contributed by atoms with Crippen molar-refractivity contribution in [1.29, 1.82) is 0 Å². The van der Waals surface area contributed by atoms with Crippen LogP contribution >= 0.6 is 0 Å². The van der Waals surface area contributed by atoms with Gasteiger partial charge in [-0.1, -0.05) is 12.1 Å². The van der Waals surface area contributed by atoms with E-state index in [9.17, 15) is 4.79 Å². The zero-order valence-electron chi connectivity index (χ0n) is 16.4. The highest BCUT2D eigenvalue weighted by atomic mass is 16.6. The van der Waals surface area contributed by atoms with Gasteiger partial charge in [0.2, 0.25) is 0 Å². The van der Waals surface area contributed by atoms with Gasteiger partial charge in [-0.05, 0) is 63.1 Å². The second-order valence-electron chi connectivity index (χ2n) is 7.56. The molecule has 3 rings (SSSR count). The van der Waals surface area contributed by atoms with E-state index in [1.54, 1.807) is 13.3 Å². The van der Waals surface area contributed by atoms with Crippen LogP contribution in [0.15, 0.2) is 48.7 Å². The van der Waals surface area contributed by atoms with Gasteiger partial charge in [-0.25, -0.2) is 0 Å². The number of carbonyl (C=O) groups excluding carboxylic acids is 1. The minimum absolute atomic E-state index is 0.184. The van der Waals surface area contributed by atoms with Gasteiger partial charge in [0.15, 0.2) is 0 Å². The minimum atomic E-state index is -0.464. The summed E-state index contributed by atoms with van der Waals surface area (Å²) in [6.45, 7) is 6.36. The molecule has 0 bridgehead atoms. The smallest absolute Gasteiger partial charge is 0.306 e. The summed E-state index contributed by atoms with van der Waals surface area (Å²) in [4.78, 5) is 16.6. The van der Waals surface area contributed by atoms with Gasteiger partial charge in [-0.3, -0.25) is 9.78 Å². The lowest BCUT2D eigenvalue weighted by Gasteiger charge is -2.19. The van der Waals surface area contributed by atoms with Crippen molar-refractivity contribution in [1.82, 2.24) is 9.55 Å². The highest BCUT2D eigenvalue weighted by molar-refractivity contribution is 5.77. The fourth-order valence-corrected chi connectivity index (χ4v) is 3.07. The van der Waals surface area contributed by atoms with E-state index < -0.39 is 5.60 Å². The van der Waals surface area contributed by atoms with Gasteiger partial charge in [0.05, 0.1) is 24.6 Å². The van der Waals surface area contributed by atoms with Crippen molar-refractivity contribution >= 4 is 17.0 Å². The molecule has 0 aliphatic heterocycles. The molecule has 0 amide bonds. The highest BCUT2D eigenvalue weighted by Crippen LogP contribution is 2.22. The average molecular weight is 366 g/mol. The number of pyridine rings is 1. The van der Waals surface area contributed by atoms with E-state index >= 15 is 0 Å². The molecule has 3 aromatic rings. The standard InChI is InChI=1S/C22H26N2O3/c1-22(2,3)27-21(25)12-9-17-14-19-20(6-5-13-23-19)24(17)15-16-7-10-18(26-4)11-8-16/h5-8,10-11,13-14H,9,12,15H2,1-4H3. The molecule has 0 saturated carbocycles. The van der Waals surface area contributed by atoms with E-state index in [-0.39, 0.29) is 5.97 Å². The Kier molecular flexibility index (Phi) is 5.49. The number of esters is 1. The minimum Gasteiger partial charge on any atom is -0.497 e. The first kappa shape index (κ1) is 19.0. The summed E-state index contributed by atoms with van der Waals surface area (Å²) in [5, 5.41) is 0. The normalized spacial score (nSPS) is 11.6. The van der Waals surface area contributed by atoms with Crippen molar-refractivity contribution in [3.05, 3.63) is 59.9 Å². The van der Waals surface area contributed by atoms with Crippen LogP contribution in [0, 0.1) is 0 Å². The third-order valence-corrected chi connectivity index (χ3v) is 4.26. The molecule has 0 radical (unpaired) electrons. The van der Waals surface area contributed by atoms with E-state index in [0.717, 1.165) is 28.0 Å². The Morgan fingerprint density at radius 3 is 2.56 bits per heavy atom. The van der Waals surface area contributed by atoms with Crippen LogP contribution in [0.2, 0.25) is 0 Å². The third kappa shape index (κ3) is 4.88. The maximum absolute atomic E-state index is 12.1. The fourth-order valence-electron chi connectivity index (χ4n) is 3.07. The molecule has 0 aliphatic carbocycles. The largest absolute Gasteiger partial charge is 0.497 e. The molecule has 1 aromatic carbocycles. The van der Waals surface area contributed by atoms with E-state index in [0.29, 0.717) is 19.4 Å². The van der Waals surface area contributed by atoms with E-state index in [4.69, 9.17) is 9.47 Å². The van der Waals surface area contributed by atoms with Crippen molar-refractivity contribution in [3.63, 3.8) is 0 Å². The van der Waals surface area contributed by atoms with Crippen molar-refractivity contribution in [3.8, 4) is 5.75 Å². The molecule has 27 heavy (non-hydrogen) atoms. The summed E-state index contributed by atoms with van der Waals surface area (Å²) in [5.41, 5.74) is 3.77. The molecule has 2 heterocycles. The van der Waals surface area contributed by atoms with Crippen LogP contribution in [-0.2, 0) is 22.5 Å². The number of hydrogen-bond acceptors (Lipinski definition) is 4. The first-order valence-corrected chi connectivity index (χ1v) is 9.13. The molecule has 2 aromatic heterocycles. The molecule has 0 atom stereocenters. The molecular weight excluding hydrogens is 340 g/mol. The number of hydrogen-bond donors (Lipinski definition) is 0. The van der Waals surface area contributed by atoms with Crippen molar-refractivity contribution in [2.24, 2.45) is 0 Å². The summed E-state index contributed by atoms with van der Waals surface area (Å²) in [6, 6.07) is 14.1. The molecule has 5 nitrogen and oxygen atoms in total. The highest BCUT2D eigenvalue weighted by Gasteiger charge is 2.17. The lowest BCUT2D eigenvalue weighted by atomic mass is 10.1. The number of aromatic nitrogens is 2. The first-order valence-electron chi connectivity index (χ1n) is 9.13. The van der Waals surface area contributed by atoms with E-state index in [1.807, 2.05) is 39.0 Å². The number of aryl methyl sites for hydroxylation is 1. The number of ether oxygens (including phenoxy) is 2. The molecule has 0 aliphatic rings. The van der Waals surface area contributed by atoms with Crippen molar-refractivity contribution in [2.75, 3.05) is 7.11 Å². The number of nitrogens with zero attached hydrogens (tertiary/aromatic N) is 2. The van der Waals surface area contributed by atoms with E-state index in [2.05, 4.69) is 33.8 Å². The molecule has 0 spiro atoms. The van der Waals surface area contributed by atoms with Crippen LogP contribution in [0.25, 0.3) is 11.0 Å². The van der Waals surface area contributed by atoms with Gasteiger partial charge in [-0.2, -0.15) is 0 Å². The zero-order valence-corrected chi connectivity index (χ0v) is 16.4. The Balaban J connectivity index is 1.84. The molecule has 142 valence electrons. The lowest BCUT2D eigenvalue weighted by molar-refractivity contribution is -0.154. The average Bonchev–Trinajstić information content (AvgIpc) is 2.97. The zero-order chi connectivity index (χ0) is 19.4. The lowest BCUT2D eigenvalue weighted by Crippen LogP contribution is -2.24. The van der Waals surface area contributed by atoms with Gasteiger partial charge in [0.1, 0.15) is 11.4 Å². The van der Waals surface area contributed by atoms with Crippen LogP contribution in [-0.4, -0.2) is 28.2 Å². The second-order valence-corrected chi connectivity index (χ2v) is 7.56. The van der Waals surface area contributed by atoms with Crippen LogP contribution in [0.1, 0.15) is 38.4 Å². The third-order valence-electron chi connectivity index (χ3n) is 4.26.